The number of hydrogen-bond donors (Lipinski definition) is 0. The van der Waals surface area contributed by atoms with Crippen molar-refractivity contribution in [2.45, 2.75) is 25.2 Å². The van der Waals surface area contributed by atoms with E-state index < -0.39 is 0 Å². The van der Waals surface area contributed by atoms with Gasteiger partial charge in [-0.2, -0.15) is 0 Å². The molecular weight excluding hydrogens is 256 g/mol. The zero-order valence-corrected chi connectivity index (χ0v) is 11.6. The van der Waals surface area contributed by atoms with E-state index in [1.165, 1.54) is 30.4 Å². The van der Waals surface area contributed by atoms with Gasteiger partial charge in [-0.1, -0.05) is 35.9 Å². The van der Waals surface area contributed by atoms with E-state index in [0.29, 0.717) is 5.92 Å². The zero-order chi connectivity index (χ0) is 13.1. The first kappa shape index (κ1) is 12.6. The summed E-state index contributed by atoms with van der Waals surface area (Å²) < 4.78 is 5.90. The quantitative estimate of drug-likeness (QED) is 0.777. The van der Waals surface area contributed by atoms with Crippen LogP contribution in [-0.2, 0) is 6.42 Å². The third-order valence-corrected chi connectivity index (χ3v) is 4.01. The van der Waals surface area contributed by atoms with Crippen molar-refractivity contribution in [1.29, 1.82) is 0 Å². The van der Waals surface area contributed by atoms with Gasteiger partial charge < -0.3 is 4.74 Å². The van der Waals surface area contributed by atoms with Gasteiger partial charge in [0, 0.05) is 10.9 Å². The second-order valence-electron chi connectivity index (χ2n) is 5.05. The molecule has 1 aliphatic carbocycles. The molecule has 0 fully saturated rings. The average molecular weight is 273 g/mol. The molecule has 0 aromatic heterocycles. The summed E-state index contributed by atoms with van der Waals surface area (Å²) in [5.41, 5.74) is 2.95. The summed E-state index contributed by atoms with van der Waals surface area (Å²) in [5.74, 6) is 1.41. The van der Waals surface area contributed by atoms with Crippen LogP contribution >= 0.6 is 11.6 Å². The second kappa shape index (κ2) is 5.66. The topological polar surface area (TPSA) is 9.23 Å². The fraction of sp³-hybridized carbons (Fsp3) is 0.294. The highest BCUT2D eigenvalue weighted by molar-refractivity contribution is 6.30. The maximum absolute atomic E-state index is 5.90. The number of benzene rings is 2. The highest BCUT2D eigenvalue weighted by Gasteiger charge is 2.20. The maximum Gasteiger partial charge on any atom is 0.119 e. The monoisotopic (exact) mass is 272 g/mol. The summed E-state index contributed by atoms with van der Waals surface area (Å²) in [6, 6.07) is 16.3. The van der Waals surface area contributed by atoms with Gasteiger partial charge in [-0.3, -0.25) is 0 Å². The van der Waals surface area contributed by atoms with Crippen LogP contribution in [0.15, 0.2) is 48.5 Å². The van der Waals surface area contributed by atoms with E-state index in [1.807, 2.05) is 24.3 Å². The molecule has 1 unspecified atom stereocenters. The predicted octanol–water partition coefficient (Wildman–Crippen LogP) is 4.84. The van der Waals surface area contributed by atoms with Crippen LogP contribution in [0.1, 0.15) is 29.9 Å². The van der Waals surface area contributed by atoms with Crippen molar-refractivity contribution in [2.75, 3.05) is 6.61 Å². The molecule has 19 heavy (non-hydrogen) atoms. The van der Waals surface area contributed by atoms with Crippen molar-refractivity contribution in [1.82, 2.24) is 0 Å². The van der Waals surface area contributed by atoms with Crippen LogP contribution in [-0.4, -0.2) is 6.61 Å². The summed E-state index contributed by atoms with van der Waals surface area (Å²) in [7, 11) is 0. The van der Waals surface area contributed by atoms with Crippen molar-refractivity contribution in [2.24, 2.45) is 0 Å². The molecule has 3 rings (SSSR count). The average Bonchev–Trinajstić information content (AvgIpc) is 2.47. The minimum absolute atomic E-state index is 0.514. The number of ether oxygens (including phenoxy) is 1. The lowest BCUT2D eigenvalue weighted by Crippen LogP contribution is -2.16. The highest BCUT2D eigenvalue weighted by atomic mass is 35.5. The van der Waals surface area contributed by atoms with E-state index in [2.05, 4.69) is 24.3 Å². The molecule has 0 spiro atoms. The van der Waals surface area contributed by atoms with Crippen LogP contribution < -0.4 is 4.74 Å². The Kier molecular flexibility index (Phi) is 3.74. The third-order valence-electron chi connectivity index (χ3n) is 3.76. The van der Waals surface area contributed by atoms with Gasteiger partial charge in [0.25, 0.3) is 0 Å². The van der Waals surface area contributed by atoms with Crippen LogP contribution in [0, 0.1) is 0 Å². The number of hydrogen-bond acceptors (Lipinski definition) is 1. The molecule has 98 valence electrons. The third kappa shape index (κ3) is 2.93. The molecule has 1 atom stereocenters. The molecule has 1 aliphatic rings. The van der Waals surface area contributed by atoms with Gasteiger partial charge in [0.15, 0.2) is 0 Å². The molecular formula is C17H17ClO. The molecule has 2 aromatic carbocycles. The van der Waals surface area contributed by atoms with Crippen LogP contribution in [0.2, 0.25) is 5.02 Å². The van der Waals surface area contributed by atoms with Gasteiger partial charge in [0.2, 0.25) is 0 Å². The lowest BCUT2D eigenvalue weighted by Gasteiger charge is -2.25. The van der Waals surface area contributed by atoms with E-state index in [4.69, 9.17) is 16.3 Å². The van der Waals surface area contributed by atoms with Gasteiger partial charge in [-0.25, -0.2) is 0 Å². The van der Waals surface area contributed by atoms with Crippen molar-refractivity contribution in [3.63, 3.8) is 0 Å². The number of halogens is 1. The summed E-state index contributed by atoms with van der Waals surface area (Å²) in [5, 5.41) is 0.746. The van der Waals surface area contributed by atoms with E-state index in [0.717, 1.165) is 17.4 Å². The van der Waals surface area contributed by atoms with Crippen molar-refractivity contribution < 1.29 is 4.74 Å². The summed E-state index contributed by atoms with van der Waals surface area (Å²) in [6.45, 7) is 0.749. The Morgan fingerprint density at radius 3 is 2.68 bits per heavy atom. The first-order valence-corrected chi connectivity index (χ1v) is 7.17. The first-order chi connectivity index (χ1) is 9.33. The molecule has 2 aromatic rings. The van der Waals surface area contributed by atoms with Gasteiger partial charge in [-0.05, 0) is 54.7 Å². The summed E-state index contributed by atoms with van der Waals surface area (Å²) in [4.78, 5) is 0. The van der Waals surface area contributed by atoms with Crippen molar-refractivity contribution in [3.8, 4) is 5.75 Å². The molecule has 0 bridgehead atoms. The number of aryl methyl sites for hydroxylation is 1. The Hall–Kier alpha value is -1.47. The Morgan fingerprint density at radius 2 is 1.84 bits per heavy atom. The zero-order valence-electron chi connectivity index (χ0n) is 10.8. The Labute approximate surface area is 119 Å². The van der Waals surface area contributed by atoms with Gasteiger partial charge in [0.05, 0.1) is 6.61 Å². The minimum Gasteiger partial charge on any atom is -0.493 e. The maximum atomic E-state index is 5.90. The molecule has 0 heterocycles. The number of rotatable bonds is 3. The first-order valence-electron chi connectivity index (χ1n) is 6.79. The van der Waals surface area contributed by atoms with E-state index in [9.17, 15) is 0 Å². The molecule has 0 aliphatic heterocycles. The standard InChI is InChI=1S/C17H17ClO/c18-15-8-10-16(11-9-15)19-12-14-6-3-5-13-4-1-2-7-17(13)14/h1-2,4,7-11,14H,3,5-6,12H2. The smallest absolute Gasteiger partial charge is 0.119 e. The Bertz CT molecular complexity index is 547. The lowest BCUT2D eigenvalue weighted by molar-refractivity contribution is 0.274. The van der Waals surface area contributed by atoms with Crippen molar-refractivity contribution in [3.05, 3.63) is 64.7 Å². The fourth-order valence-corrected chi connectivity index (χ4v) is 2.88. The summed E-state index contributed by atoms with van der Waals surface area (Å²) >= 11 is 5.87. The van der Waals surface area contributed by atoms with Gasteiger partial charge in [-0.15, -0.1) is 0 Å². The normalized spacial score (nSPS) is 17.8. The molecule has 0 N–H and O–H groups in total. The van der Waals surface area contributed by atoms with E-state index in [-0.39, 0.29) is 0 Å². The predicted molar refractivity (Wildman–Crippen MR) is 79.1 cm³/mol. The molecule has 0 radical (unpaired) electrons. The van der Waals surface area contributed by atoms with Crippen LogP contribution in [0.3, 0.4) is 0 Å². The lowest BCUT2D eigenvalue weighted by atomic mass is 9.83. The van der Waals surface area contributed by atoms with Crippen LogP contribution in [0.4, 0.5) is 0 Å². The van der Waals surface area contributed by atoms with Gasteiger partial charge >= 0.3 is 0 Å². The minimum atomic E-state index is 0.514. The molecule has 0 saturated heterocycles. The molecule has 2 heteroatoms. The fourth-order valence-electron chi connectivity index (χ4n) is 2.76. The molecule has 0 amide bonds. The largest absolute Gasteiger partial charge is 0.493 e. The Balaban J connectivity index is 1.69. The van der Waals surface area contributed by atoms with Gasteiger partial charge in [0.1, 0.15) is 5.75 Å². The SMILES string of the molecule is Clc1ccc(OCC2CCCc3ccccc32)cc1. The summed E-state index contributed by atoms with van der Waals surface area (Å²) in [6.07, 6.45) is 3.67. The van der Waals surface area contributed by atoms with E-state index in [1.54, 1.807) is 0 Å². The van der Waals surface area contributed by atoms with Crippen LogP contribution in [0.5, 0.6) is 5.75 Å². The molecule has 0 saturated carbocycles. The Morgan fingerprint density at radius 1 is 1.05 bits per heavy atom. The molecule has 1 nitrogen and oxygen atoms in total. The van der Waals surface area contributed by atoms with Crippen LogP contribution in [0.25, 0.3) is 0 Å². The second-order valence-corrected chi connectivity index (χ2v) is 5.49. The number of fused-ring (bicyclic) bond motifs is 1. The highest BCUT2D eigenvalue weighted by Crippen LogP contribution is 2.32. The van der Waals surface area contributed by atoms with E-state index >= 15 is 0 Å². The van der Waals surface area contributed by atoms with Crippen molar-refractivity contribution >= 4 is 11.6 Å².